The van der Waals surface area contributed by atoms with E-state index in [4.69, 9.17) is 4.42 Å². The van der Waals surface area contributed by atoms with Crippen molar-refractivity contribution >= 4 is 76.3 Å². The molecule has 10 rings (SSSR count). The highest BCUT2D eigenvalue weighted by Crippen LogP contribution is 2.42. The maximum Gasteiger partial charge on any atom is 0.159 e. The fourth-order valence-corrected chi connectivity index (χ4v) is 7.19. The largest absolute Gasteiger partial charge is 0.454 e. The van der Waals surface area contributed by atoms with Crippen LogP contribution in [0.1, 0.15) is 0 Å². The van der Waals surface area contributed by atoms with Crippen molar-refractivity contribution in [3.8, 4) is 11.4 Å². The Kier molecular flexibility index (Phi) is 4.45. The van der Waals surface area contributed by atoms with Gasteiger partial charge in [0.1, 0.15) is 5.58 Å². The number of aromatic nitrogens is 2. The van der Waals surface area contributed by atoms with Gasteiger partial charge in [-0.25, -0.2) is 0 Å². The quantitative estimate of drug-likeness (QED) is 0.211. The summed E-state index contributed by atoms with van der Waals surface area (Å²) in [6.45, 7) is 0. The van der Waals surface area contributed by atoms with Gasteiger partial charge in [0.15, 0.2) is 5.58 Å². The third-order valence-corrected chi connectivity index (χ3v) is 9.07. The van der Waals surface area contributed by atoms with E-state index in [2.05, 4.69) is 155 Å². The average molecular weight is 549 g/mol. The first-order chi connectivity index (χ1) is 21.3. The molecular formula is C40H24N2O. The van der Waals surface area contributed by atoms with Crippen molar-refractivity contribution in [3.63, 3.8) is 0 Å². The van der Waals surface area contributed by atoms with Gasteiger partial charge in [0, 0.05) is 38.0 Å². The number of fused-ring (bicyclic) bond motifs is 10. The Labute approximate surface area is 246 Å². The first-order valence-corrected chi connectivity index (χ1v) is 14.7. The van der Waals surface area contributed by atoms with Gasteiger partial charge in [0.25, 0.3) is 0 Å². The highest BCUT2D eigenvalue weighted by Gasteiger charge is 2.20. The van der Waals surface area contributed by atoms with Crippen LogP contribution in [0.5, 0.6) is 0 Å². The van der Waals surface area contributed by atoms with Crippen LogP contribution in [0.3, 0.4) is 0 Å². The molecule has 3 nitrogen and oxygen atoms in total. The molecule has 3 heteroatoms. The highest BCUT2D eigenvalue weighted by atomic mass is 16.3. The smallest absolute Gasteiger partial charge is 0.159 e. The van der Waals surface area contributed by atoms with Crippen LogP contribution in [0.4, 0.5) is 0 Å². The van der Waals surface area contributed by atoms with E-state index in [-0.39, 0.29) is 0 Å². The molecule has 7 aromatic carbocycles. The summed E-state index contributed by atoms with van der Waals surface area (Å²) in [5, 5.41) is 9.61. The Morgan fingerprint density at radius 3 is 1.70 bits per heavy atom. The number of hydrogen-bond donors (Lipinski definition) is 0. The molecule has 0 aliphatic rings. The molecule has 0 N–H and O–H groups in total. The summed E-state index contributed by atoms with van der Waals surface area (Å²) in [4.78, 5) is 0. The van der Waals surface area contributed by atoms with Gasteiger partial charge in [-0.1, -0.05) is 91.0 Å². The van der Waals surface area contributed by atoms with E-state index in [1.807, 2.05) is 0 Å². The zero-order chi connectivity index (χ0) is 28.1. The molecule has 0 spiro atoms. The fourth-order valence-electron chi connectivity index (χ4n) is 7.19. The lowest BCUT2D eigenvalue weighted by molar-refractivity contribution is 0.667. The van der Waals surface area contributed by atoms with E-state index in [0.717, 1.165) is 33.3 Å². The van der Waals surface area contributed by atoms with Gasteiger partial charge in [0.2, 0.25) is 0 Å². The Hall–Kier alpha value is -5.80. The molecule has 0 bridgehead atoms. The van der Waals surface area contributed by atoms with E-state index in [9.17, 15) is 0 Å². The van der Waals surface area contributed by atoms with E-state index >= 15 is 0 Å². The second-order valence-electron chi connectivity index (χ2n) is 11.4. The van der Waals surface area contributed by atoms with Gasteiger partial charge >= 0.3 is 0 Å². The topological polar surface area (TPSA) is 23.0 Å². The third-order valence-electron chi connectivity index (χ3n) is 9.07. The van der Waals surface area contributed by atoms with Crippen molar-refractivity contribution in [2.45, 2.75) is 0 Å². The molecule has 0 fully saturated rings. The third kappa shape index (κ3) is 3.08. The Bertz CT molecular complexity index is 2720. The van der Waals surface area contributed by atoms with Crippen molar-refractivity contribution in [3.05, 3.63) is 146 Å². The molecule has 3 heterocycles. The van der Waals surface area contributed by atoms with Crippen LogP contribution in [-0.4, -0.2) is 9.13 Å². The standard InChI is InChI=1S/C40H24N2O/c1-2-13-27(14-3-1)41-34-18-8-6-15-28(34)31-24-38-32(23-37(31)41)29-16-7-9-19-35(29)42(38)36-20-10-17-30-33-21-25-11-4-5-12-26(25)22-39(33)43-40(30)36/h1-24H. The van der Waals surface area contributed by atoms with Crippen LogP contribution in [0.2, 0.25) is 0 Å². The molecule has 3 aromatic heterocycles. The van der Waals surface area contributed by atoms with Crippen molar-refractivity contribution < 1.29 is 4.42 Å². The first-order valence-electron chi connectivity index (χ1n) is 14.7. The Morgan fingerprint density at radius 1 is 0.372 bits per heavy atom. The van der Waals surface area contributed by atoms with Gasteiger partial charge in [-0.15, -0.1) is 0 Å². The molecular weight excluding hydrogens is 524 g/mol. The van der Waals surface area contributed by atoms with Crippen LogP contribution in [0.15, 0.2) is 150 Å². The molecule has 0 saturated heterocycles. The van der Waals surface area contributed by atoms with Crippen LogP contribution < -0.4 is 0 Å². The minimum Gasteiger partial charge on any atom is -0.454 e. The summed E-state index contributed by atoms with van der Waals surface area (Å²) >= 11 is 0. The summed E-state index contributed by atoms with van der Waals surface area (Å²) in [5.74, 6) is 0. The number of nitrogens with zero attached hydrogens (tertiary/aromatic N) is 2. The molecule has 0 unspecified atom stereocenters. The Balaban J connectivity index is 1.35. The van der Waals surface area contributed by atoms with Crippen molar-refractivity contribution in [1.29, 1.82) is 0 Å². The molecule has 0 aliphatic carbocycles. The molecule has 0 amide bonds. The molecule has 0 radical (unpaired) electrons. The molecule has 10 aromatic rings. The summed E-state index contributed by atoms with van der Waals surface area (Å²) < 4.78 is 11.5. The van der Waals surface area contributed by atoms with Crippen LogP contribution in [0, 0.1) is 0 Å². The molecule has 200 valence electrons. The Morgan fingerprint density at radius 2 is 0.953 bits per heavy atom. The lowest BCUT2D eigenvalue weighted by atomic mass is 10.1. The predicted molar refractivity (Wildman–Crippen MR) is 180 cm³/mol. The summed E-state index contributed by atoms with van der Waals surface area (Å²) in [6.07, 6.45) is 0. The number of para-hydroxylation sites is 4. The molecule has 43 heavy (non-hydrogen) atoms. The zero-order valence-corrected chi connectivity index (χ0v) is 23.2. The number of benzene rings is 7. The number of rotatable bonds is 2. The molecule has 0 saturated carbocycles. The normalized spacial score (nSPS) is 12.2. The first kappa shape index (κ1) is 22.8. The van der Waals surface area contributed by atoms with Gasteiger partial charge < -0.3 is 13.6 Å². The van der Waals surface area contributed by atoms with E-state index in [1.165, 1.54) is 54.4 Å². The SMILES string of the molecule is c1ccc(-n2c3ccccc3c3cc4c(cc32)c2ccccc2n4-c2cccc3c2oc2cc4ccccc4cc23)cc1. The second-order valence-corrected chi connectivity index (χ2v) is 11.4. The van der Waals surface area contributed by atoms with Crippen molar-refractivity contribution in [1.82, 2.24) is 9.13 Å². The average Bonchev–Trinajstić information content (AvgIpc) is 3.70. The second kappa shape index (κ2) is 8.37. The van der Waals surface area contributed by atoms with E-state index in [1.54, 1.807) is 0 Å². The fraction of sp³-hybridized carbons (Fsp3) is 0. The maximum absolute atomic E-state index is 6.71. The van der Waals surface area contributed by atoms with E-state index in [0.29, 0.717) is 0 Å². The number of furan rings is 1. The van der Waals surface area contributed by atoms with Crippen LogP contribution in [0.25, 0.3) is 87.7 Å². The molecule has 0 atom stereocenters. The van der Waals surface area contributed by atoms with Gasteiger partial charge in [-0.05, 0) is 65.4 Å². The zero-order valence-electron chi connectivity index (χ0n) is 23.2. The summed E-state index contributed by atoms with van der Waals surface area (Å²) in [6, 6.07) is 52.3. The lowest BCUT2D eigenvalue weighted by Crippen LogP contribution is -1.95. The monoisotopic (exact) mass is 548 g/mol. The van der Waals surface area contributed by atoms with Crippen LogP contribution >= 0.6 is 0 Å². The summed E-state index contributed by atoms with van der Waals surface area (Å²) in [5.41, 5.74) is 8.78. The summed E-state index contributed by atoms with van der Waals surface area (Å²) in [7, 11) is 0. The van der Waals surface area contributed by atoms with Gasteiger partial charge in [0.05, 0.1) is 27.8 Å². The molecule has 0 aliphatic heterocycles. The van der Waals surface area contributed by atoms with Gasteiger partial charge in [-0.3, -0.25) is 0 Å². The van der Waals surface area contributed by atoms with Crippen molar-refractivity contribution in [2.24, 2.45) is 0 Å². The minimum atomic E-state index is 0.905. The predicted octanol–water partition coefficient (Wildman–Crippen LogP) is 10.9. The maximum atomic E-state index is 6.71. The number of hydrogen-bond acceptors (Lipinski definition) is 1. The highest BCUT2D eigenvalue weighted by molar-refractivity contribution is 6.20. The minimum absolute atomic E-state index is 0.905. The van der Waals surface area contributed by atoms with E-state index < -0.39 is 0 Å². The van der Waals surface area contributed by atoms with Crippen molar-refractivity contribution in [2.75, 3.05) is 0 Å². The lowest BCUT2D eigenvalue weighted by Gasteiger charge is -2.09. The van der Waals surface area contributed by atoms with Crippen LogP contribution in [-0.2, 0) is 0 Å². The van der Waals surface area contributed by atoms with Gasteiger partial charge in [-0.2, -0.15) is 0 Å².